The second-order valence-corrected chi connectivity index (χ2v) is 4.22. The fraction of sp³-hybridized carbons (Fsp3) is 0.571. The molecule has 2 atom stereocenters. The van der Waals surface area contributed by atoms with Gasteiger partial charge in [0, 0.05) is 6.54 Å². The smallest absolute Gasteiger partial charge is 0.197 e. The zero-order valence-electron chi connectivity index (χ0n) is 11.0. The van der Waals surface area contributed by atoms with E-state index in [9.17, 15) is 0 Å². The lowest BCUT2D eigenvalue weighted by molar-refractivity contribution is -0.0634. The van der Waals surface area contributed by atoms with E-state index < -0.39 is 0 Å². The largest absolute Gasteiger partial charge is 0.465 e. The number of ether oxygens (including phenoxy) is 2. The quantitative estimate of drug-likeness (QED) is 0.742. The van der Waals surface area contributed by atoms with Crippen LogP contribution in [0.2, 0.25) is 0 Å². The van der Waals surface area contributed by atoms with Gasteiger partial charge in [-0.3, -0.25) is 0 Å². The maximum absolute atomic E-state index is 5.61. The van der Waals surface area contributed by atoms with Crippen molar-refractivity contribution in [1.82, 2.24) is 0 Å². The van der Waals surface area contributed by atoms with E-state index in [1.54, 1.807) is 0 Å². The molecule has 0 spiro atoms. The predicted molar refractivity (Wildman–Crippen MR) is 70.2 cm³/mol. The average Bonchev–Trinajstić information content (AvgIpc) is 2.36. The minimum absolute atomic E-state index is 0.256. The molecule has 2 unspecified atom stereocenters. The second kappa shape index (κ2) is 7.30. The molecule has 0 aliphatic carbocycles. The first-order valence-electron chi connectivity index (χ1n) is 6.25. The van der Waals surface area contributed by atoms with E-state index in [0.29, 0.717) is 19.1 Å². The van der Waals surface area contributed by atoms with E-state index in [1.165, 1.54) is 5.56 Å². The van der Waals surface area contributed by atoms with Crippen molar-refractivity contribution in [2.75, 3.05) is 13.2 Å². The first kappa shape index (κ1) is 14.0. The maximum Gasteiger partial charge on any atom is 0.197 e. The first-order chi connectivity index (χ1) is 8.17. The topological polar surface area (TPSA) is 44.5 Å². The van der Waals surface area contributed by atoms with Crippen LogP contribution < -0.4 is 10.5 Å². The molecule has 2 N–H and O–H groups in total. The summed E-state index contributed by atoms with van der Waals surface area (Å²) in [6, 6.07) is 8.20. The molecule has 3 heteroatoms. The van der Waals surface area contributed by atoms with Crippen LogP contribution in [0.5, 0.6) is 5.75 Å². The van der Waals surface area contributed by atoms with Gasteiger partial charge < -0.3 is 15.2 Å². The van der Waals surface area contributed by atoms with Gasteiger partial charge in [0.1, 0.15) is 5.75 Å². The number of rotatable bonds is 7. The van der Waals surface area contributed by atoms with Crippen LogP contribution in [0.4, 0.5) is 0 Å². The number of benzene rings is 1. The Morgan fingerprint density at radius 3 is 2.35 bits per heavy atom. The molecule has 96 valence electrons. The van der Waals surface area contributed by atoms with Crippen LogP contribution in [0.15, 0.2) is 24.3 Å². The van der Waals surface area contributed by atoms with E-state index in [-0.39, 0.29) is 6.29 Å². The van der Waals surface area contributed by atoms with Gasteiger partial charge in [0.2, 0.25) is 0 Å². The summed E-state index contributed by atoms with van der Waals surface area (Å²) >= 11 is 0. The van der Waals surface area contributed by atoms with Crippen molar-refractivity contribution in [3.63, 3.8) is 0 Å². The second-order valence-electron chi connectivity index (χ2n) is 4.22. The Hall–Kier alpha value is -1.06. The van der Waals surface area contributed by atoms with Crippen LogP contribution in [-0.2, 0) is 4.74 Å². The Balaban J connectivity index is 2.50. The predicted octanol–water partition coefficient (Wildman–Crippen LogP) is 2.90. The summed E-state index contributed by atoms with van der Waals surface area (Å²) in [5.74, 6) is 1.43. The van der Waals surface area contributed by atoms with Gasteiger partial charge >= 0.3 is 0 Å². The molecule has 0 bridgehead atoms. The van der Waals surface area contributed by atoms with Gasteiger partial charge in [0.15, 0.2) is 6.29 Å². The molecule has 1 aromatic carbocycles. The molecule has 0 aliphatic heterocycles. The maximum atomic E-state index is 5.61. The van der Waals surface area contributed by atoms with Crippen molar-refractivity contribution in [3.05, 3.63) is 29.8 Å². The Labute approximate surface area is 104 Å². The van der Waals surface area contributed by atoms with E-state index >= 15 is 0 Å². The number of hydrogen-bond acceptors (Lipinski definition) is 3. The van der Waals surface area contributed by atoms with E-state index in [2.05, 4.69) is 26.0 Å². The molecular formula is C14H23NO2. The van der Waals surface area contributed by atoms with Gasteiger partial charge in [-0.25, -0.2) is 0 Å². The van der Waals surface area contributed by atoms with Crippen molar-refractivity contribution in [2.24, 2.45) is 5.73 Å². The molecule has 1 aromatic rings. The minimum Gasteiger partial charge on any atom is -0.465 e. The SMILES string of the molecule is CCC(C)c1ccc(OC(C)OCCN)cc1. The normalized spacial score (nSPS) is 14.4. The zero-order chi connectivity index (χ0) is 12.7. The average molecular weight is 237 g/mol. The van der Waals surface area contributed by atoms with Gasteiger partial charge in [-0.05, 0) is 37.0 Å². The Kier molecular flexibility index (Phi) is 6.01. The van der Waals surface area contributed by atoms with Gasteiger partial charge in [-0.1, -0.05) is 26.0 Å². The lowest BCUT2D eigenvalue weighted by Gasteiger charge is -2.16. The van der Waals surface area contributed by atoms with E-state index in [1.807, 2.05) is 19.1 Å². The zero-order valence-corrected chi connectivity index (χ0v) is 11.0. The van der Waals surface area contributed by atoms with Gasteiger partial charge in [-0.15, -0.1) is 0 Å². The van der Waals surface area contributed by atoms with Crippen LogP contribution in [0.1, 0.15) is 38.7 Å². The summed E-state index contributed by atoms with van der Waals surface area (Å²) < 4.78 is 11.0. The summed E-state index contributed by atoms with van der Waals surface area (Å²) in [7, 11) is 0. The Bertz CT molecular complexity index is 311. The number of hydrogen-bond donors (Lipinski definition) is 1. The minimum atomic E-state index is -0.256. The van der Waals surface area contributed by atoms with E-state index in [4.69, 9.17) is 15.2 Å². The lowest BCUT2D eigenvalue weighted by atomic mass is 9.99. The van der Waals surface area contributed by atoms with Gasteiger partial charge in [-0.2, -0.15) is 0 Å². The third-order valence-corrected chi connectivity index (χ3v) is 2.83. The van der Waals surface area contributed by atoms with Crippen molar-refractivity contribution < 1.29 is 9.47 Å². The number of nitrogens with two attached hydrogens (primary N) is 1. The van der Waals surface area contributed by atoms with E-state index in [0.717, 1.165) is 12.2 Å². The molecule has 0 saturated carbocycles. The monoisotopic (exact) mass is 237 g/mol. The highest BCUT2D eigenvalue weighted by molar-refractivity contribution is 5.29. The van der Waals surface area contributed by atoms with Crippen LogP contribution in [0.3, 0.4) is 0 Å². The molecular weight excluding hydrogens is 214 g/mol. The summed E-state index contributed by atoms with van der Waals surface area (Å²) in [5.41, 5.74) is 6.70. The highest BCUT2D eigenvalue weighted by atomic mass is 16.7. The molecule has 0 fully saturated rings. The van der Waals surface area contributed by atoms with Crippen molar-refractivity contribution in [3.8, 4) is 5.75 Å². The van der Waals surface area contributed by atoms with Crippen LogP contribution in [0, 0.1) is 0 Å². The lowest BCUT2D eigenvalue weighted by Crippen LogP contribution is -2.20. The highest BCUT2D eigenvalue weighted by Gasteiger charge is 2.05. The van der Waals surface area contributed by atoms with Gasteiger partial charge in [0.25, 0.3) is 0 Å². The standard InChI is InChI=1S/C14H23NO2/c1-4-11(2)13-5-7-14(8-6-13)17-12(3)16-10-9-15/h5-8,11-12H,4,9-10,15H2,1-3H3. The third kappa shape index (κ3) is 4.75. The molecule has 0 aliphatic rings. The van der Waals surface area contributed by atoms with Crippen molar-refractivity contribution in [2.45, 2.75) is 39.4 Å². The summed E-state index contributed by atoms with van der Waals surface area (Å²) in [6.45, 7) is 7.33. The molecule has 0 radical (unpaired) electrons. The summed E-state index contributed by atoms with van der Waals surface area (Å²) in [6.07, 6.45) is 0.893. The van der Waals surface area contributed by atoms with Crippen LogP contribution in [-0.4, -0.2) is 19.4 Å². The fourth-order valence-corrected chi connectivity index (χ4v) is 1.57. The molecule has 0 aromatic heterocycles. The molecule has 0 amide bonds. The summed E-state index contributed by atoms with van der Waals surface area (Å²) in [4.78, 5) is 0. The van der Waals surface area contributed by atoms with Gasteiger partial charge in [0.05, 0.1) is 6.61 Å². The highest BCUT2D eigenvalue weighted by Crippen LogP contribution is 2.22. The third-order valence-electron chi connectivity index (χ3n) is 2.83. The van der Waals surface area contributed by atoms with Crippen LogP contribution in [0.25, 0.3) is 0 Å². The van der Waals surface area contributed by atoms with Crippen LogP contribution >= 0.6 is 0 Å². The first-order valence-corrected chi connectivity index (χ1v) is 6.25. The molecule has 1 rings (SSSR count). The van der Waals surface area contributed by atoms with Crippen molar-refractivity contribution in [1.29, 1.82) is 0 Å². The molecule has 3 nitrogen and oxygen atoms in total. The molecule has 17 heavy (non-hydrogen) atoms. The fourth-order valence-electron chi connectivity index (χ4n) is 1.57. The molecule has 0 heterocycles. The van der Waals surface area contributed by atoms with Crippen molar-refractivity contribution >= 4 is 0 Å². The Morgan fingerprint density at radius 1 is 1.18 bits per heavy atom. The molecule has 0 saturated heterocycles. The summed E-state index contributed by atoms with van der Waals surface area (Å²) in [5, 5.41) is 0. The Morgan fingerprint density at radius 2 is 1.82 bits per heavy atom.